The lowest BCUT2D eigenvalue weighted by molar-refractivity contribution is 0.137. The maximum Gasteiger partial charge on any atom is 0.121 e. The van der Waals surface area contributed by atoms with Gasteiger partial charge in [0.15, 0.2) is 0 Å². The highest BCUT2D eigenvalue weighted by Crippen LogP contribution is 2.20. The van der Waals surface area contributed by atoms with E-state index in [1.165, 1.54) is 25.9 Å². The lowest BCUT2D eigenvalue weighted by atomic mass is 10.0. The smallest absolute Gasteiger partial charge is 0.121 e. The maximum atomic E-state index is 5.26. The van der Waals surface area contributed by atoms with Crippen LogP contribution >= 0.6 is 0 Å². The minimum absolute atomic E-state index is 0.656. The first-order valence-corrected chi connectivity index (χ1v) is 7.57. The normalized spacial score (nSPS) is 17.7. The fourth-order valence-corrected chi connectivity index (χ4v) is 3.04. The molecule has 0 bridgehead atoms. The Hall–Kier alpha value is -1.59. The molecule has 5 heteroatoms. The molecule has 2 heterocycles. The molecule has 0 unspecified atom stereocenters. The van der Waals surface area contributed by atoms with Crippen molar-refractivity contribution in [1.82, 2.24) is 19.8 Å². The number of methoxy groups -OCH3 is 1. The lowest BCUT2D eigenvalue weighted by Crippen LogP contribution is -2.41. The van der Waals surface area contributed by atoms with Crippen molar-refractivity contribution in [2.75, 3.05) is 34.3 Å². The number of fused-ring (bicyclic) bond motifs is 1. The molecule has 0 atom stereocenters. The van der Waals surface area contributed by atoms with E-state index in [4.69, 9.17) is 4.74 Å². The predicted octanol–water partition coefficient (Wildman–Crippen LogP) is 2.10. The Balaban J connectivity index is 1.69. The Morgan fingerprint density at radius 3 is 2.86 bits per heavy atom. The van der Waals surface area contributed by atoms with E-state index in [2.05, 4.69) is 33.9 Å². The van der Waals surface area contributed by atoms with Gasteiger partial charge in [-0.3, -0.25) is 4.90 Å². The van der Waals surface area contributed by atoms with Crippen molar-refractivity contribution in [2.45, 2.75) is 25.4 Å². The average Bonchev–Trinajstić information content (AvgIpc) is 2.88. The number of nitrogens with one attached hydrogen (secondary N) is 1. The van der Waals surface area contributed by atoms with Crippen LogP contribution in [-0.4, -0.2) is 60.1 Å². The van der Waals surface area contributed by atoms with Gasteiger partial charge in [0, 0.05) is 12.1 Å². The number of benzene rings is 1. The molecule has 2 aromatic rings. The predicted molar refractivity (Wildman–Crippen MR) is 84.6 cm³/mol. The number of rotatable bonds is 4. The monoisotopic (exact) mass is 288 g/mol. The molecule has 1 aromatic heterocycles. The van der Waals surface area contributed by atoms with Gasteiger partial charge < -0.3 is 14.6 Å². The third-order valence-corrected chi connectivity index (χ3v) is 4.45. The summed E-state index contributed by atoms with van der Waals surface area (Å²) in [5, 5.41) is 0. The fraction of sp³-hybridized carbons (Fsp3) is 0.562. The molecule has 1 N–H and O–H groups in total. The quantitative estimate of drug-likeness (QED) is 0.936. The number of hydrogen-bond acceptors (Lipinski definition) is 4. The number of H-pyrrole nitrogens is 1. The van der Waals surface area contributed by atoms with Gasteiger partial charge in [-0.1, -0.05) is 0 Å². The highest BCUT2D eigenvalue weighted by atomic mass is 16.5. The number of hydrogen-bond donors (Lipinski definition) is 1. The van der Waals surface area contributed by atoms with Crippen LogP contribution in [0.15, 0.2) is 18.2 Å². The van der Waals surface area contributed by atoms with Gasteiger partial charge in [-0.2, -0.15) is 0 Å². The van der Waals surface area contributed by atoms with E-state index >= 15 is 0 Å². The third kappa shape index (κ3) is 3.19. The highest BCUT2D eigenvalue weighted by molar-refractivity contribution is 5.76. The van der Waals surface area contributed by atoms with Crippen LogP contribution in [0.3, 0.4) is 0 Å². The highest BCUT2D eigenvalue weighted by Gasteiger charge is 2.21. The molecule has 0 saturated carbocycles. The van der Waals surface area contributed by atoms with Gasteiger partial charge in [0.2, 0.25) is 0 Å². The second-order valence-electron chi connectivity index (χ2n) is 6.02. The Morgan fingerprint density at radius 1 is 1.38 bits per heavy atom. The molecule has 5 nitrogen and oxygen atoms in total. The van der Waals surface area contributed by atoms with Crippen LogP contribution in [0.4, 0.5) is 0 Å². The summed E-state index contributed by atoms with van der Waals surface area (Å²) in [6.45, 7) is 3.24. The molecular weight excluding hydrogens is 264 g/mol. The van der Waals surface area contributed by atoms with Crippen LogP contribution in [0.2, 0.25) is 0 Å². The molecule has 1 saturated heterocycles. The third-order valence-electron chi connectivity index (χ3n) is 4.45. The summed E-state index contributed by atoms with van der Waals surface area (Å²) in [7, 11) is 6.08. The second-order valence-corrected chi connectivity index (χ2v) is 6.02. The fourth-order valence-electron chi connectivity index (χ4n) is 3.04. The zero-order valence-corrected chi connectivity index (χ0v) is 13.1. The number of ether oxygens (including phenoxy) is 1. The van der Waals surface area contributed by atoms with Crippen molar-refractivity contribution in [2.24, 2.45) is 0 Å². The summed E-state index contributed by atoms with van der Waals surface area (Å²) >= 11 is 0. The second kappa shape index (κ2) is 6.03. The summed E-state index contributed by atoms with van der Waals surface area (Å²) in [5.74, 6) is 1.89. The summed E-state index contributed by atoms with van der Waals surface area (Å²) in [5.41, 5.74) is 2.05. The molecule has 21 heavy (non-hydrogen) atoms. The topological polar surface area (TPSA) is 44.4 Å². The molecule has 0 amide bonds. The molecule has 0 radical (unpaired) electrons. The van der Waals surface area contributed by atoms with E-state index in [1.54, 1.807) is 7.11 Å². The Kier molecular flexibility index (Phi) is 4.12. The van der Waals surface area contributed by atoms with Gasteiger partial charge in [0.1, 0.15) is 11.6 Å². The van der Waals surface area contributed by atoms with E-state index in [-0.39, 0.29) is 0 Å². The summed E-state index contributed by atoms with van der Waals surface area (Å²) < 4.78 is 5.26. The molecule has 3 rings (SSSR count). The Morgan fingerprint density at radius 2 is 2.14 bits per heavy atom. The van der Waals surface area contributed by atoms with Crippen molar-refractivity contribution >= 4 is 11.0 Å². The van der Waals surface area contributed by atoms with Gasteiger partial charge in [-0.25, -0.2) is 4.98 Å². The zero-order chi connectivity index (χ0) is 14.8. The molecule has 0 aliphatic carbocycles. The number of nitrogens with zero attached hydrogens (tertiary/aromatic N) is 3. The molecule has 114 valence electrons. The SMILES string of the molecule is COc1ccc2nc(CN(C)C3CCN(C)CC3)[nH]c2c1. The molecule has 1 aliphatic heterocycles. The molecular formula is C16H24N4O. The van der Waals surface area contributed by atoms with E-state index in [0.717, 1.165) is 29.2 Å². The first-order valence-electron chi connectivity index (χ1n) is 7.57. The number of aromatic amines is 1. The molecule has 0 spiro atoms. The first kappa shape index (κ1) is 14.4. The number of piperidine rings is 1. The van der Waals surface area contributed by atoms with Crippen molar-refractivity contribution < 1.29 is 4.74 Å². The minimum atomic E-state index is 0.656. The Bertz CT molecular complexity index is 601. The average molecular weight is 288 g/mol. The standard InChI is InChI=1S/C16H24N4O/c1-19-8-6-12(7-9-19)20(2)11-16-17-14-5-4-13(21-3)10-15(14)18-16/h4-5,10,12H,6-9,11H2,1-3H3,(H,17,18). The number of aromatic nitrogens is 2. The summed E-state index contributed by atoms with van der Waals surface area (Å²) in [6.07, 6.45) is 2.47. The van der Waals surface area contributed by atoms with Gasteiger partial charge in [-0.05, 0) is 52.2 Å². The summed E-state index contributed by atoms with van der Waals surface area (Å²) in [6, 6.07) is 6.61. The van der Waals surface area contributed by atoms with Gasteiger partial charge in [0.05, 0.1) is 24.7 Å². The maximum absolute atomic E-state index is 5.26. The van der Waals surface area contributed by atoms with Crippen LogP contribution in [-0.2, 0) is 6.54 Å². The van der Waals surface area contributed by atoms with Crippen LogP contribution in [0.1, 0.15) is 18.7 Å². The number of likely N-dealkylation sites (tertiary alicyclic amines) is 1. The van der Waals surface area contributed by atoms with Crippen LogP contribution < -0.4 is 4.74 Å². The van der Waals surface area contributed by atoms with Gasteiger partial charge in [-0.15, -0.1) is 0 Å². The largest absolute Gasteiger partial charge is 0.497 e. The molecule has 1 aromatic carbocycles. The van der Waals surface area contributed by atoms with Gasteiger partial charge >= 0.3 is 0 Å². The van der Waals surface area contributed by atoms with Crippen LogP contribution in [0.25, 0.3) is 11.0 Å². The van der Waals surface area contributed by atoms with Crippen molar-refractivity contribution in [1.29, 1.82) is 0 Å². The minimum Gasteiger partial charge on any atom is -0.497 e. The zero-order valence-electron chi connectivity index (χ0n) is 13.1. The molecule has 1 aliphatic rings. The first-order chi connectivity index (χ1) is 10.2. The van der Waals surface area contributed by atoms with Gasteiger partial charge in [0.25, 0.3) is 0 Å². The van der Waals surface area contributed by atoms with E-state index in [0.29, 0.717) is 6.04 Å². The van der Waals surface area contributed by atoms with E-state index in [1.807, 2.05) is 18.2 Å². The Labute approximate surface area is 125 Å². The van der Waals surface area contributed by atoms with Crippen molar-refractivity contribution in [3.63, 3.8) is 0 Å². The van der Waals surface area contributed by atoms with Crippen LogP contribution in [0.5, 0.6) is 5.75 Å². The van der Waals surface area contributed by atoms with Crippen molar-refractivity contribution in [3.05, 3.63) is 24.0 Å². The van der Waals surface area contributed by atoms with Crippen LogP contribution in [0, 0.1) is 0 Å². The van der Waals surface area contributed by atoms with Crippen molar-refractivity contribution in [3.8, 4) is 5.75 Å². The van der Waals surface area contributed by atoms with E-state index < -0.39 is 0 Å². The van der Waals surface area contributed by atoms with E-state index in [9.17, 15) is 0 Å². The number of imidazole rings is 1. The summed E-state index contributed by atoms with van der Waals surface area (Å²) in [4.78, 5) is 12.9. The lowest BCUT2D eigenvalue weighted by Gasteiger charge is -2.34. The molecule has 1 fully saturated rings.